The van der Waals surface area contributed by atoms with E-state index in [1.807, 2.05) is 0 Å². The molecule has 1 aromatic carbocycles. The number of rotatable bonds is 4. The lowest BCUT2D eigenvalue weighted by atomic mass is 9.99. The maximum Gasteiger partial charge on any atom is 0.106 e. The predicted molar refractivity (Wildman–Crippen MR) is 57.8 cm³/mol. The molecule has 2 atom stereocenters. The summed E-state index contributed by atoms with van der Waals surface area (Å²) < 4.78 is 10.7. The Morgan fingerprint density at radius 1 is 1.07 bits per heavy atom. The summed E-state index contributed by atoms with van der Waals surface area (Å²) >= 11 is 0. The molecule has 0 spiro atoms. The van der Waals surface area contributed by atoms with E-state index in [4.69, 9.17) is 9.47 Å². The van der Waals surface area contributed by atoms with Crippen LogP contribution in [-0.2, 0) is 15.9 Å². The first-order valence-electron chi connectivity index (χ1n) is 5.74. The van der Waals surface area contributed by atoms with Crippen molar-refractivity contribution in [1.82, 2.24) is 0 Å². The van der Waals surface area contributed by atoms with Gasteiger partial charge in [-0.25, -0.2) is 0 Å². The molecule has 2 saturated heterocycles. The summed E-state index contributed by atoms with van der Waals surface area (Å²) in [6.07, 6.45) is 3.07. The zero-order chi connectivity index (χ0) is 10.3. The topological polar surface area (TPSA) is 25.1 Å². The van der Waals surface area contributed by atoms with Gasteiger partial charge in [-0.1, -0.05) is 31.5 Å². The van der Waals surface area contributed by atoms with Gasteiger partial charge >= 0.3 is 0 Å². The summed E-state index contributed by atoms with van der Waals surface area (Å²) in [5, 5.41) is 0. The van der Waals surface area contributed by atoms with Gasteiger partial charge in [-0.2, -0.15) is 0 Å². The molecule has 0 aromatic heterocycles. The molecule has 2 aliphatic heterocycles. The average Bonchev–Trinajstić information content (AvgIpc) is 3.10. The Hall–Kier alpha value is -0.860. The molecule has 0 aliphatic carbocycles. The first kappa shape index (κ1) is 9.37. The van der Waals surface area contributed by atoms with Gasteiger partial charge < -0.3 is 9.47 Å². The predicted octanol–water partition coefficient (Wildman–Crippen LogP) is 2.78. The zero-order valence-corrected chi connectivity index (χ0v) is 9.03. The van der Waals surface area contributed by atoms with Gasteiger partial charge in [0.1, 0.15) is 12.2 Å². The van der Waals surface area contributed by atoms with Crippen molar-refractivity contribution in [3.63, 3.8) is 0 Å². The van der Waals surface area contributed by atoms with Crippen LogP contribution in [0.15, 0.2) is 18.2 Å². The monoisotopic (exact) mass is 204 g/mol. The smallest absolute Gasteiger partial charge is 0.106 e. The molecule has 0 N–H and O–H groups in total. The minimum atomic E-state index is 0.360. The van der Waals surface area contributed by atoms with Gasteiger partial charge in [-0.05, 0) is 23.1 Å². The molecule has 1 aromatic rings. The Labute approximate surface area is 90.2 Å². The SMILES string of the molecule is CCCc1cc([C@@H]2CO2)cc([C@H]2CO2)c1. The molecular weight excluding hydrogens is 188 g/mol. The summed E-state index contributed by atoms with van der Waals surface area (Å²) in [5.41, 5.74) is 4.11. The van der Waals surface area contributed by atoms with Crippen LogP contribution in [0, 0.1) is 0 Å². The van der Waals surface area contributed by atoms with Crippen LogP contribution in [0.25, 0.3) is 0 Å². The summed E-state index contributed by atoms with van der Waals surface area (Å²) in [6.45, 7) is 3.99. The number of benzene rings is 1. The van der Waals surface area contributed by atoms with Crippen molar-refractivity contribution in [2.45, 2.75) is 32.0 Å². The Bertz CT molecular complexity index is 335. The standard InChI is InChI=1S/C13H16O2/c1-2-3-9-4-10(12-7-14-12)6-11(5-9)13-8-15-13/h4-6,12-13H,2-3,7-8H2,1H3/t12-,13+. The van der Waals surface area contributed by atoms with Gasteiger partial charge in [0.25, 0.3) is 0 Å². The van der Waals surface area contributed by atoms with Gasteiger partial charge in [0, 0.05) is 0 Å². The van der Waals surface area contributed by atoms with Crippen LogP contribution in [-0.4, -0.2) is 13.2 Å². The van der Waals surface area contributed by atoms with E-state index in [-0.39, 0.29) is 0 Å². The van der Waals surface area contributed by atoms with E-state index in [1.54, 1.807) is 0 Å². The highest BCUT2D eigenvalue weighted by atomic mass is 16.6. The summed E-state index contributed by atoms with van der Waals surface area (Å²) in [7, 11) is 0. The van der Waals surface area contributed by atoms with E-state index in [1.165, 1.54) is 23.1 Å². The first-order chi connectivity index (χ1) is 7.36. The van der Waals surface area contributed by atoms with Gasteiger partial charge in [-0.3, -0.25) is 0 Å². The van der Waals surface area contributed by atoms with E-state index < -0.39 is 0 Å². The van der Waals surface area contributed by atoms with Crippen LogP contribution in [0.1, 0.15) is 42.2 Å². The summed E-state index contributed by atoms with van der Waals surface area (Å²) in [4.78, 5) is 0. The number of ether oxygens (including phenoxy) is 2. The van der Waals surface area contributed by atoms with Gasteiger partial charge in [-0.15, -0.1) is 0 Å². The third kappa shape index (κ3) is 2.06. The van der Waals surface area contributed by atoms with Crippen molar-refractivity contribution in [3.05, 3.63) is 34.9 Å². The minimum Gasteiger partial charge on any atom is -0.368 e. The molecule has 15 heavy (non-hydrogen) atoms. The Kier molecular flexibility index (Phi) is 2.26. The number of aryl methyl sites for hydroxylation is 1. The third-order valence-electron chi connectivity index (χ3n) is 2.99. The highest BCUT2D eigenvalue weighted by Crippen LogP contribution is 2.36. The molecule has 0 bridgehead atoms. The second-order valence-corrected chi connectivity index (χ2v) is 4.40. The second kappa shape index (κ2) is 3.62. The van der Waals surface area contributed by atoms with Crippen LogP contribution < -0.4 is 0 Å². The maximum atomic E-state index is 5.34. The quantitative estimate of drug-likeness (QED) is 0.704. The van der Waals surface area contributed by atoms with Crippen LogP contribution in [0.4, 0.5) is 0 Å². The highest BCUT2D eigenvalue weighted by molar-refractivity contribution is 5.35. The van der Waals surface area contributed by atoms with E-state index in [9.17, 15) is 0 Å². The van der Waals surface area contributed by atoms with Crippen LogP contribution in [0.5, 0.6) is 0 Å². The summed E-state index contributed by atoms with van der Waals surface area (Å²) in [5.74, 6) is 0. The summed E-state index contributed by atoms with van der Waals surface area (Å²) in [6, 6.07) is 6.81. The van der Waals surface area contributed by atoms with Gasteiger partial charge in [0.05, 0.1) is 13.2 Å². The fourth-order valence-electron chi connectivity index (χ4n) is 2.03. The molecule has 2 heterocycles. The molecule has 0 saturated carbocycles. The van der Waals surface area contributed by atoms with E-state index >= 15 is 0 Å². The van der Waals surface area contributed by atoms with Crippen molar-refractivity contribution in [2.75, 3.05) is 13.2 Å². The Morgan fingerprint density at radius 3 is 2.00 bits per heavy atom. The van der Waals surface area contributed by atoms with E-state index in [2.05, 4.69) is 25.1 Å². The normalized spacial score (nSPS) is 27.8. The van der Waals surface area contributed by atoms with Crippen molar-refractivity contribution < 1.29 is 9.47 Å². The van der Waals surface area contributed by atoms with Crippen molar-refractivity contribution in [1.29, 1.82) is 0 Å². The van der Waals surface area contributed by atoms with Crippen LogP contribution in [0.2, 0.25) is 0 Å². The largest absolute Gasteiger partial charge is 0.368 e. The fraction of sp³-hybridized carbons (Fsp3) is 0.538. The fourth-order valence-corrected chi connectivity index (χ4v) is 2.03. The lowest BCUT2D eigenvalue weighted by Gasteiger charge is -2.06. The van der Waals surface area contributed by atoms with Crippen molar-refractivity contribution >= 4 is 0 Å². The average molecular weight is 204 g/mol. The van der Waals surface area contributed by atoms with Gasteiger partial charge in [0.15, 0.2) is 0 Å². The van der Waals surface area contributed by atoms with Crippen LogP contribution >= 0.6 is 0 Å². The molecule has 2 heteroatoms. The van der Waals surface area contributed by atoms with E-state index in [0.717, 1.165) is 19.6 Å². The Balaban J connectivity index is 1.92. The molecule has 80 valence electrons. The molecule has 0 amide bonds. The van der Waals surface area contributed by atoms with Crippen molar-refractivity contribution in [2.24, 2.45) is 0 Å². The second-order valence-electron chi connectivity index (χ2n) is 4.40. The molecule has 3 rings (SSSR count). The molecule has 0 unspecified atom stereocenters. The maximum absolute atomic E-state index is 5.34. The van der Waals surface area contributed by atoms with Crippen LogP contribution in [0.3, 0.4) is 0 Å². The zero-order valence-electron chi connectivity index (χ0n) is 9.03. The Morgan fingerprint density at radius 2 is 1.60 bits per heavy atom. The number of hydrogen-bond donors (Lipinski definition) is 0. The molecule has 2 aliphatic rings. The lowest BCUT2D eigenvalue weighted by Crippen LogP contribution is -1.92. The number of hydrogen-bond acceptors (Lipinski definition) is 2. The van der Waals surface area contributed by atoms with E-state index in [0.29, 0.717) is 12.2 Å². The lowest BCUT2D eigenvalue weighted by molar-refractivity contribution is 0.410. The molecule has 0 radical (unpaired) electrons. The number of epoxide rings is 2. The molecular formula is C13H16O2. The van der Waals surface area contributed by atoms with Crippen molar-refractivity contribution in [3.8, 4) is 0 Å². The molecule has 2 nitrogen and oxygen atoms in total. The first-order valence-corrected chi connectivity index (χ1v) is 5.74. The minimum absolute atomic E-state index is 0.360. The highest BCUT2D eigenvalue weighted by Gasteiger charge is 2.29. The van der Waals surface area contributed by atoms with Gasteiger partial charge in [0.2, 0.25) is 0 Å². The third-order valence-corrected chi connectivity index (χ3v) is 2.99. The molecule has 2 fully saturated rings.